The summed E-state index contributed by atoms with van der Waals surface area (Å²) in [5, 5.41) is 120. The summed E-state index contributed by atoms with van der Waals surface area (Å²) in [6, 6.07) is -0.922. The summed E-state index contributed by atoms with van der Waals surface area (Å²) in [5.41, 5.74) is 0. The highest BCUT2D eigenvalue weighted by Gasteiger charge is 2.53. The zero-order chi connectivity index (χ0) is 59.0. The van der Waals surface area contributed by atoms with E-state index in [4.69, 9.17) is 28.4 Å². The predicted octanol–water partition coefficient (Wildman–Crippen LogP) is 5.59. The Balaban J connectivity index is 1.50. The van der Waals surface area contributed by atoms with Crippen LogP contribution in [-0.4, -0.2) is 193 Å². The van der Waals surface area contributed by atoms with Crippen molar-refractivity contribution < 1.29 is 89.4 Å². The molecule has 3 rings (SSSR count). The van der Waals surface area contributed by atoms with Crippen LogP contribution in [0.3, 0.4) is 0 Å². The molecule has 3 heterocycles. The van der Waals surface area contributed by atoms with Gasteiger partial charge in [-0.3, -0.25) is 4.79 Å². The maximum absolute atomic E-state index is 13.3. The van der Waals surface area contributed by atoms with Gasteiger partial charge in [0.2, 0.25) is 5.91 Å². The average molecular weight is 1150 g/mol. The molecule has 0 aliphatic carbocycles. The molecule has 0 aromatic rings. The van der Waals surface area contributed by atoms with E-state index in [0.29, 0.717) is 25.7 Å². The summed E-state index contributed by atoms with van der Waals surface area (Å²) < 4.78 is 34.2. The molecule has 3 saturated heterocycles. The number of aliphatic hydroxyl groups excluding tert-OH is 11. The molecule has 3 aliphatic heterocycles. The topological polar surface area (TPSA) is 307 Å². The van der Waals surface area contributed by atoms with E-state index in [-0.39, 0.29) is 18.9 Å². The fourth-order valence-corrected chi connectivity index (χ4v) is 9.77. The molecule has 19 heteroatoms. The predicted molar refractivity (Wildman–Crippen MR) is 309 cm³/mol. The Labute approximate surface area is 482 Å². The van der Waals surface area contributed by atoms with Gasteiger partial charge in [0.25, 0.3) is 0 Å². The van der Waals surface area contributed by atoms with Gasteiger partial charge in [-0.1, -0.05) is 182 Å². The number of nitrogens with one attached hydrogen (secondary N) is 1. The lowest BCUT2D eigenvalue weighted by molar-refractivity contribution is -0.379. The van der Waals surface area contributed by atoms with E-state index in [2.05, 4.69) is 98.2 Å². The summed E-state index contributed by atoms with van der Waals surface area (Å²) in [6.07, 6.45) is 26.7. The number of unbranched alkanes of at least 4 members (excludes halogenated alkanes) is 13. The first-order chi connectivity index (χ1) is 39.3. The molecule has 0 aromatic carbocycles. The molecule has 0 bridgehead atoms. The summed E-state index contributed by atoms with van der Waals surface area (Å²) in [4.78, 5) is 13.3. The maximum Gasteiger partial charge on any atom is 0.220 e. The van der Waals surface area contributed by atoms with Crippen LogP contribution < -0.4 is 5.32 Å². The molecular formula is C62H105NO18. The van der Waals surface area contributed by atoms with Gasteiger partial charge in [0.05, 0.1) is 38.6 Å². The van der Waals surface area contributed by atoms with Crippen LogP contribution in [0.4, 0.5) is 0 Å². The Morgan fingerprint density at radius 3 is 1.28 bits per heavy atom. The average Bonchev–Trinajstić information content (AvgIpc) is 3.57. The van der Waals surface area contributed by atoms with E-state index in [9.17, 15) is 61.0 Å². The Morgan fingerprint density at radius 1 is 0.457 bits per heavy atom. The lowest BCUT2D eigenvalue weighted by atomic mass is 9.96. The normalized spacial score (nSPS) is 30.4. The monoisotopic (exact) mass is 1150 g/mol. The van der Waals surface area contributed by atoms with E-state index in [0.717, 1.165) is 64.2 Å². The molecule has 17 atom stereocenters. The van der Waals surface area contributed by atoms with Gasteiger partial charge >= 0.3 is 0 Å². The van der Waals surface area contributed by atoms with Gasteiger partial charge in [-0.25, -0.2) is 0 Å². The summed E-state index contributed by atoms with van der Waals surface area (Å²) in [7, 11) is 0. The standard InChI is InChI=1S/C62H105NO18/c1-3-5-7-9-11-13-15-17-18-19-20-21-22-23-24-25-26-28-30-32-34-36-38-40-50(68)63-45(46(67)39-37-35-33-31-29-27-16-14-12-10-8-6-4-2)44-76-60-56(74)53(71)58(48(42-65)78-60)81-62-57(75)54(72)59(49(43-66)79-62)80-61-55(73)52(70)51(69)47(41-64)77-61/h5,7,11,13,17-18,20-21,23-24,26,28,32,34,45-49,51-62,64-67,69-75H,3-4,6,8-10,12,14-16,19,22,25,27,29-31,33,35-44H2,1-2H3,(H,63,68)/b7-5-,13-11-,18-17-,21-20-,24-23-,28-26-,34-32-. The van der Waals surface area contributed by atoms with Crippen molar-refractivity contribution in [1.29, 1.82) is 0 Å². The number of rotatable bonds is 43. The minimum atomic E-state index is -1.98. The van der Waals surface area contributed by atoms with Gasteiger partial charge in [0, 0.05) is 6.42 Å². The van der Waals surface area contributed by atoms with E-state index >= 15 is 0 Å². The van der Waals surface area contributed by atoms with Gasteiger partial charge < -0.3 is 89.9 Å². The number of hydrogen-bond acceptors (Lipinski definition) is 18. The minimum absolute atomic E-state index is 0.181. The van der Waals surface area contributed by atoms with Crippen LogP contribution >= 0.6 is 0 Å². The lowest BCUT2D eigenvalue weighted by Gasteiger charge is -2.48. The van der Waals surface area contributed by atoms with Crippen LogP contribution in [0.2, 0.25) is 0 Å². The van der Waals surface area contributed by atoms with Crippen LogP contribution in [0, 0.1) is 0 Å². The zero-order valence-corrected chi connectivity index (χ0v) is 48.5. The second kappa shape index (κ2) is 44.4. The third-order valence-electron chi connectivity index (χ3n) is 14.7. The van der Waals surface area contributed by atoms with Crippen molar-refractivity contribution in [3.05, 3.63) is 85.1 Å². The van der Waals surface area contributed by atoms with Crippen molar-refractivity contribution >= 4 is 5.91 Å². The second-order valence-electron chi connectivity index (χ2n) is 21.4. The van der Waals surface area contributed by atoms with Crippen molar-refractivity contribution in [1.82, 2.24) is 5.32 Å². The quantitative estimate of drug-likeness (QED) is 0.0261. The van der Waals surface area contributed by atoms with Crippen LogP contribution in [0.1, 0.15) is 168 Å². The highest BCUT2D eigenvalue weighted by molar-refractivity contribution is 5.76. The number of ether oxygens (including phenoxy) is 6. The molecule has 1 amide bonds. The molecule has 81 heavy (non-hydrogen) atoms. The van der Waals surface area contributed by atoms with E-state index < -0.39 is 124 Å². The van der Waals surface area contributed by atoms with Crippen LogP contribution in [0.25, 0.3) is 0 Å². The number of allylic oxidation sites excluding steroid dienone is 14. The minimum Gasteiger partial charge on any atom is -0.394 e. The fourth-order valence-electron chi connectivity index (χ4n) is 9.77. The van der Waals surface area contributed by atoms with Gasteiger partial charge in [-0.05, 0) is 64.2 Å². The Bertz CT molecular complexity index is 1810. The molecule has 19 nitrogen and oxygen atoms in total. The number of carbonyl (C=O) groups excluding carboxylic acids is 1. The summed E-state index contributed by atoms with van der Waals surface area (Å²) in [5.74, 6) is -0.305. The number of amides is 1. The smallest absolute Gasteiger partial charge is 0.220 e. The summed E-state index contributed by atoms with van der Waals surface area (Å²) >= 11 is 0. The second-order valence-corrected chi connectivity index (χ2v) is 21.4. The molecule has 0 spiro atoms. The Hall–Kier alpha value is -3.03. The number of hydrogen-bond donors (Lipinski definition) is 12. The lowest BCUT2D eigenvalue weighted by Crippen LogP contribution is -2.66. The SMILES string of the molecule is CC/C=C\C/C=C\C/C=C\C/C=C\C/C=C\C/C=C\C/C=C\CCCC(=O)NC(COC1OC(CO)C(OC2OC(CO)C(OC3OC(CO)C(O)C(O)C3O)C(O)C2O)C(O)C1O)C(O)CCCCCCCCCCCCCCC. The van der Waals surface area contributed by atoms with Crippen molar-refractivity contribution in [3.8, 4) is 0 Å². The van der Waals surface area contributed by atoms with Crippen molar-refractivity contribution in [2.75, 3.05) is 26.4 Å². The highest BCUT2D eigenvalue weighted by atomic mass is 16.8. The van der Waals surface area contributed by atoms with Gasteiger partial charge in [-0.2, -0.15) is 0 Å². The van der Waals surface area contributed by atoms with Gasteiger partial charge in [0.1, 0.15) is 73.2 Å². The Morgan fingerprint density at radius 2 is 0.840 bits per heavy atom. The number of carbonyl (C=O) groups is 1. The van der Waals surface area contributed by atoms with Crippen molar-refractivity contribution in [2.24, 2.45) is 0 Å². The van der Waals surface area contributed by atoms with E-state index in [1.54, 1.807) is 0 Å². The van der Waals surface area contributed by atoms with Gasteiger partial charge in [0.15, 0.2) is 18.9 Å². The van der Waals surface area contributed by atoms with E-state index in [1.165, 1.54) is 57.8 Å². The highest BCUT2D eigenvalue weighted by Crippen LogP contribution is 2.33. The fraction of sp³-hybridized carbons (Fsp3) is 0.758. The first-order valence-electron chi connectivity index (χ1n) is 30.3. The maximum atomic E-state index is 13.3. The molecule has 17 unspecified atom stereocenters. The van der Waals surface area contributed by atoms with Crippen LogP contribution in [0.15, 0.2) is 85.1 Å². The van der Waals surface area contributed by atoms with E-state index in [1.807, 2.05) is 6.08 Å². The molecule has 3 fully saturated rings. The van der Waals surface area contributed by atoms with Crippen LogP contribution in [-0.2, 0) is 33.2 Å². The van der Waals surface area contributed by atoms with Crippen molar-refractivity contribution in [3.63, 3.8) is 0 Å². The molecule has 0 aromatic heterocycles. The largest absolute Gasteiger partial charge is 0.394 e. The zero-order valence-electron chi connectivity index (χ0n) is 48.5. The van der Waals surface area contributed by atoms with Crippen LogP contribution in [0.5, 0.6) is 0 Å². The molecule has 466 valence electrons. The van der Waals surface area contributed by atoms with Crippen molar-refractivity contribution in [2.45, 2.75) is 272 Å². The molecule has 3 aliphatic rings. The molecule has 0 radical (unpaired) electrons. The summed E-state index contributed by atoms with van der Waals surface area (Å²) in [6.45, 7) is 1.60. The number of aliphatic hydroxyl groups is 11. The first kappa shape index (κ1) is 72.2. The van der Waals surface area contributed by atoms with Gasteiger partial charge in [-0.15, -0.1) is 0 Å². The Kier molecular flexibility index (Phi) is 39.6. The third-order valence-corrected chi connectivity index (χ3v) is 14.7. The molecular weight excluding hydrogens is 1050 g/mol. The molecule has 0 saturated carbocycles. The molecule has 12 N–H and O–H groups in total. The first-order valence-corrected chi connectivity index (χ1v) is 30.3. The third kappa shape index (κ3) is 28.1.